The number of nitrogens with one attached hydrogen (secondary N) is 1. The Morgan fingerprint density at radius 2 is 2.10 bits per heavy atom. The molecule has 4 nitrogen and oxygen atoms in total. The van der Waals surface area contributed by atoms with Crippen LogP contribution < -0.4 is 10.2 Å². The molecule has 21 heavy (non-hydrogen) atoms. The molecule has 0 saturated heterocycles. The van der Waals surface area contributed by atoms with E-state index in [0.29, 0.717) is 12.0 Å². The first kappa shape index (κ1) is 16.5. The zero-order valence-corrected chi connectivity index (χ0v) is 15.0. The highest BCUT2D eigenvalue weighted by Gasteiger charge is 2.26. The van der Waals surface area contributed by atoms with Crippen molar-refractivity contribution < 1.29 is 0 Å². The van der Waals surface area contributed by atoms with Gasteiger partial charge in [-0.2, -0.15) is 4.98 Å². The van der Waals surface area contributed by atoms with Crippen molar-refractivity contribution in [1.82, 2.24) is 9.97 Å². The lowest BCUT2D eigenvalue weighted by Crippen LogP contribution is -2.37. The summed E-state index contributed by atoms with van der Waals surface area (Å²) in [6, 6.07) is 0.623. The average molecular weight is 355 g/mol. The van der Waals surface area contributed by atoms with Crippen LogP contribution >= 0.6 is 15.9 Å². The fourth-order valence-corrected chi connectivity index (χ4v) is 3.32. The number of halogens is 1. The van der Waals surface area contributed by atoms with Crippen LogP contribution in [0.2, 0.25) is 0 Å². The third-order valence-electron chi connectivity index (χ3n) is 3.86. The van der Waals surface area contributed by atoms with Gasteiger partial charge >= 0.3 is 0 Å². The summed E-state index contributed by atoms with van der Waals surface area (Å²) in [5.41, 5.74) is 0. The van der Waals surface area contributed by atoms with Crippen LogP contribution in [-0.4, -0.2) is 29.1 Å². The molecule has 1 heterocycles. The van der Waals surface area contributed by atoms with E-state index in [0.717, 1.165) is 35.7 Å². The normalized spacial score (nSPS) is 15.7. The van der Waals surface area contributed by atoms with Crippen LogP contribution in [0.25, 0.3) is 0 Å². The van der Waals surface area contributed by atoms with Gasteiger partial charge in [-0.1, -0.05) is 33.6 Å². The van der Waals surface area contributed by atoms with Crippen LogP contribution in [0.4, 0.5) is 11.8 Å². The van der Waals surface area contributed by atoms with Gasteiger partial charge in [0.25, 0.3) is 0 Å². The quantitative estimate of drug-likeness (QED) is 0.784. The number of rotatable bonds is 7. The molecule has 1 aliphatic carbocycles. The van der Waals surface area contributed by atoms with Crippen molar-refractivity contribution in [3.8, 4) is 0 Å². The Balaban J connectivity index is 2.24. The number of anilines is 2. The van der Waals surface area contributed by atoms with Gasteiger partial charge in [0.2, 0.25) is 5.95 Å². The van der Waals surface area contributed by atoms with E-state index >= 15 is 0 Å². The lowest BCUT2D eigenvalue weighted by molar-refractivity contribution is 0.530. The fourth-order valence-electron chi connectivity index (χ4n) is 2.90. The summed E-state index contributed by atoms with van der Waals surface area (Å²) in [7, 11) is 0. The largest absolute Gasteiger partial charge is 0.354 e. The van der Waals surface area contributed by atoms with E-state index in [1.807, 2.05) is 6.20 Å². The van der Waals surface area contributed by atoms with Crippen molar-refractivity contribution >= 4 is 27.7 Å². The first-order chi connectivity index (χ1) is 10.1. The van der Waals surface area contributed by atoms with Gasteiger partial charge in [-0.3, -0.25) is 0 Å². The minimum atomic E-state index is 0.623. The smallest absolute Gasteiger partial charge is 0.224 e. The second kappa shape index (κ2) is 7.97. The molecule has 1 saturated carbocycles. The second-order valence-electron chi connectivity index (χ2n) is 6.28. The Hall–Kier alpha value is -0.840. The zero-order valence-electron chi connectivity index (χ0n) is 13.4. The minimum absolute atomic E-state index is 0.623. The van der Waals surface area contributed by atoms with Crippen molar-refractivity contribution in [3.63, 3.8) is 0 Å². The van der Waals surface area contributed by atoms with Crippen LogP contribution in [0.15, 0.2) is 10.7 Å². The molecule has 1 aromatic rings. The predicted octanol–water partition coefficient (Wildman–Crippen LogP) is 4.47. The summed E-state index contributed by atoms with van der Waals surface area (Å²) in [4.78, 5) is 11.6. The van der Waals surface area contributed by atoms with E-state index in [2.05, 4.69) is 51.9 Å². The van der Waals surface area contributed by atoms with E-state index in [9.17, 15) is 0 Å². The van der Waals surface area contributed by atoms with Gasteiger partial charge in [-0.05, 0) is 41.1 Å². The molecule has 0 aromatic carbocycles. The predicted molar refractivity (Wildman–Crippen MR) is 93.0 cm³/mol. The highest BCUT2D eigenvalue weighted by Crippen LogP contribution is 2.32. The Bertz CT molecular complexity index is 444. The van der Waals surface area contributed by atoms with Crippen molar-refractivity contribution in [2.24, 2.45) is 5.92 Å². The van der Waals surface area contributed by atoms with Gasteiger partial charge in [0.15, 0.2) is 0 Å². The standard InChI is InChI=1S/C16H27BrN4/c1-4-9-18-16-19-10-14(17)15(20-16)21(11-12(2)3)13-7-5-6-8-13/h10,12-13H,4-9,11H2,1-3H3,(H,18,19,20). The molecule has 118 valence electrons. The van der Waals surface area contributed by atoms with Gasteiger partial charge in [0.05, 0.1) is 4.47 Å². The molecule has 0 spiro atoms. The highest BCUT2D eigenvalue weighted by atomic mass is 79.9. The summed E-state index contributed by atoms with van der Waals surface area (Å²) < 4.78 is 0.997. The van der Waals surface area contributed by atoms with Gasteiger partial charge in [0.1, 0.15) is 5.82 Å². The van der Waals surface area contributed by atoms with Crippen LogP contribution in [-0.2, 0) is 0 Å². The molecule has 1 fully saturated rings. The molecule has 1 aliphatic rings. The van der Waals surface area contributed by atoms with Crippen LogP contribution in [0.5, 0.6) is 0 Å². The first-order valence-electron chi connectivity index (χ1n) is 8.14. The second-order valence-corrected chi connectivity index (χ2v) is 7.13. The number of nitrogens with zero attached hydrogens (tertiary/aromatic N) is 3. The molecule has 1 N–H and O–H groups in total. The summed E-state index contributed by atoms with van der Waals surface area (Å²) in [5, 5.41) is 3.29. The molecule has 0 bridgehead atoms. The van der Waals surface area contributed by atoms with E-state index < -0.39 is 0 Å². The van der Waals surface area contributed by atoms with E-state index in [4.69, 9.17) is 4.98 Å². The van der Waals surface area contributed by atoms with E-state index in [1.54, 1.807) is 0 Å². The number of aromatic nitrogens is 2. The lowest BCUT2D eigenvalue weighted by atomic mass is 10.1. The van der Waals surface area contributed by atoms with Crippen molar-refractivity contribution in [2.75, 3.05) is 23.3 Å². The molecule has 0 radical (unpaired) electrons. The van der Waals surface area contributed by atoms with E-state index in [-0.39, 0.29) is 0 Å². The Labute approximate surface area is 136 Å². The molecule has 2 rings (SSSR count). The minimum Gasteiger partial charge on any atom is -0.354 e. The molecule has 1 aromatic heterocycles. The molecule has 0 unspecified atom stereocenters. The van der Waals surface area contributed by atoms with Crippen LogP contribution in [0, 0.1) is 5.92 Å². The third kappa shape index (κ3) is 4.56. The van der Waals surface area contributed by atoms with Crippen molar-refractivity contribution in [2.45, 2.75) is 58.9 Å². The van der Waals surface area contributed by atoms with Gasteiger partial charge in [-0.25, -0.2) is 4.98 Å². The average Bonchev–Trinajstić information content (AvgIpc) is 2.98. The Morgan fingerprint density at radius 1 is 1.38 bits per heavy atom. The summed E-state index contributed by atoms with van der Waals surface area (Å²) in [6.07, 6.45) is 8.18. The summed E-state index contributed by atoms with van der Waals surface area (Å²) >= 11 is 3.64. The van der Waals surface area contributed by atoms with Gasteiger partial charge in [-0.15, -0.1) is 0 Å². The first-order valence-corrected chi connectivity index (χ1v) is 8.94. The molecule has 0 atom stereocenters. The lowest BCUT2D eigenvalue weighted by Gasteiger charge is -2.32. The third-order valence-corrected chi connectivity index (χ3v) is 4.42. The Morgan fingerprint density at radius 3 is 2.71 bits per heavy atom. The topological polar surface area (TPSA) is 41.1 Å². The number of hydrogen-bond donors (Lipinski definition) is 1. The van der Waals surface area contributed by atoms with E-state index in [1.165, 1.54) is 25.7 Å². The Kier molecular flexibility index (Phi) is 6.27. The fraction of sp³-hybridized carbons (Fsp3) is 0.750. The van der Waals surface area contributed by atoms with Crippen LogP contribution in [0.3, 0.4) is 0 Å². The van der Waals surface area contributed by atoms with Gasteiger partial charge < -0.3 is 10.2 Å². The highest BCUT2D eigenvalue weighted by molar-refractivity contribution is 9.10. The molecule has 0 aliphatic heterocycles. The maximum absolute atomic E-state index is 4.76. The zero-order chi connectivity index (χ0) is 15.2. The molecular weight excluding hydrogens is 328 g/mol. The van der Waals surface area contributed by atoms with Crippen molar-refractivity contribution in [1.29, 1.82) is 0 Å². The maximum atomic E-state index is 4.76. The van der Waals surface area contributed by atoms with Crippen molar-refractivity contribution in [3.05, 3.63) is 10.7 Å². The maximum Gasteiger partial charge on any atom is 0.224 e. The molecule has 5 heteroatoms. The summed E-state index contributed by atoms with van der Waals surface area (Å²) in [5.74, 6) is 2.41. The molecule has 0 amide bonds. The van der Waals surface area contributed by atoms with Crippen LogP contribution in [0.1, 0.15) is 52.9 Å². The molecular formula is C16H27BrN4. The number of hydrogen-bond acceptors (Lipinski definition) is 4. The monoisotopic (exact) mass is 354 g/mol. The summed E-state index contributed by atoms with van der Waals surface area (Å²) in [6.45, 7) is 8.65. The SMILES string of the molecule is CCCNc1ncc(Br)c(N(CC(C)C)C2CCCC2)n1. The van der Waals surface area contributed by atoms with Gasteiger partial charge in [0, 0.05) is 25.3 Å².